The van der Waals surface area contributed by atoms with Crippen molar-refractivity contribution in [2.75, 3.05) is 46.4 Å². The van der Waals surface area contributed by atoms with Crippen molar-refractivity contribution in [2.24, 2.45) is 10.7 Å². The van der Waals surface area contributed by atoms with Crippen molar-refractivity contribution in [1.29, 1.82) is 0 Å². The van der Waals surface area contributed by atoms with Crippen LogP contribution >= 0.6 is 24.0 Å². The molecule has 2 N–H and O–H groups in total. The van der Waals surface area contributed by atoms with E-state index in [-0.39, 0.29) is 29.9 Å². The van der Waals surface area contributed by atoms with Gasteiger partial charge in [-0.3, -0.25) is 4.79 Å². The van der Waals surface area contributed by atoms with Gasteiger partial charge in [0.05, 0.1) is 13.2 Å². The molecule has 0 aromatic carbocycles. The van der Waals surface area contributed by atoms with Gasteiger partial charge in [-0.05, 0) is 0 Å². The van der Waals surface area contributed by atoms with E-state index in [0.29, 0.717) is 31.2 Å². The minimum absolute atomic E-state index is 0. The summed E-state index contributed by atoms with van der Waals surface area (Å²) in [7, 11) is 1.08. The number of amides is 1. The summed E-state index contributed by atoms with van der Waals surface area (Å²) in [6.07, 6.45) is -4.41. The summed E-state index contributed by atoms with van der Waals surface area (Å²) in [5.74, 6) is -0.578. The van der Waals surface area contributed by atoms with Gasteiger partial charge >= 0.3 is 6.18 Å². The molecule has 0 unspecified atom stereocenters. The van der Waals surface area contributed by atoms with Crippen LogP contribution in [0.25, 0.3) is 0 Å². The fourth-order valence-corrected chi connectivity index (χ4v) is 1.52. The highest BCUT2D eigenvalue weighted by Gasteiger charge is 2.31. The molecule has 1 aliphatic rings. The summed E-state index contributed by atoms with van der Waals surface area (Å²) in [6, 6.07) is 0. The van der Waals surface area contributed by atoms with Gasteiger partial charge in [0.1, 0.15) is 13.1 Å². The number of guanidine groups is 1. The van der Waals surface area contributed by atoms with Gasteiger partial charge in [0.2, 0.25) is 5.91 Å². The minimum Gasteiger partial charge on any atom is -0.378 e. The molecule has 118 valence electrons. The van der Waals surface area contributed by atoms with Crippen LogP contribution in [0.1, 0.15) is 0 Å². The first-order valence-corrected chi connectivity index (χ1v) is 5.73. The zero-order valence-corrected chi connectivity index (χ0v) is 13.4. The second-order valence-electron chi connectivity index (χ2n) is 4.14. The van der Waals surface area contributed by atoms with E-state index in [1.165, 1.54) is 0 Å². The van der Waals surface area contributed by atoms with E-state index in [1.807, 2.05) is 0 Å². The highest BCUT2D eigenvalue weighted by Crippen LogP contribution is 2.15. The Morgan fingerprint density at radius 3 is 2.45 bits per heavy atom. The van der Waals surface area contributed by atoms with Crippen molar-refractivity contribution >= 4 is 35.8 Å². The highest BCUT2D eigenvalue weighted by molar-refractivity contribution is 14.0. The summed E-state index contributed by atoms with van der Waals surface area (Å²) >= 11 is 0. The van der Waals surface area contributed by atoms with Crippen molar-refractivity contribution in [1.82, 2.24) is 9.80 Å². The maximum Gasteiger partial charge on any atom is 0.406 e. The predicted molar refractivity (Wildman–Crippen MR) is 78.0 cm³/mol. The second kappa shape index (κ2) is 8.49. The number of rotatable bonds is 3. The number of hydrogen-bond donors (Lipinski definition) is 1. The van der Waals surface area contributed by atoms with Crippen LogP contribution in [0.15, 0.2) is 4.99 Å². The van der Waals surface area contributed by atoms with Crippen molar-refractivity contribution in [3.63, 3.8) is 0 Å². The molecular formula is C10H18F3IN4O2. The summed E-state index contributed by atoms with van der Waals surface area (Å²) in [5.41, 5.74) is 5.65. The lowest BCUT2D eigenvalue weighted by Crippen LogP contribution is -2.45. The molecule has 1 heterocycles. The van der Waals surface area contributed by atoms with Gasteiger partial charge in [0.15, 0.2) is 5.96 Å². The van der Waals surface area contributed by atoms with E-state index in [4.69, 9.17) is 10.5 Å². The third-order valence-corrected chi connectivity index (χ3v) is 2.55. The molecule has 1 fully saturated rings. The van der Waals surface area contributed by atoms with Crippen molar-refractivity contribution in [2.45, 2.75) is 6.18 Å². The Morgan fingerprint density at radius 1 is 1.40 bits per heavy atom. The smallest absolute Gasteiger partial charge is 0.378 e. The lowest BCUT2D eigenvalue weighted by molar-refractivity contribution is -0.157. The summed E-state index contributed by atoms with van der Waals surface area (Å²) in [4.78, 5) is 17.5. The van der Waals surface area contributed by atoms with E-state index in [1.54, 1.807) is 4.90 Å². The Morgan fingerprint density at radius 2 is 1.95 bits per heavy atom. The van der Waals surface area contributed by atoms with Gasteiger partial charge in [-0.2, -0.15) is 13.2 Å². The van der Waals surface area contributed by atoms with Gasteiger partial charge in [-0.1, -0.05) is 0 Å². The molecule has 6 nitrogen and oxygen atoms in total. The molecule has 1 amide bonds. The van der Waals surface area contributed by atoms with Gasteiger partial charge in [0.25, 0.3) is 0 Å². The number of aliphatic imine (C=N–C) groups is 1. The molecular weight excluding hydrogens is 392 g/mol. The van der Waals surface area contributed by atoms with E-state index in [9.17, 15) is 18.0 Å². The number of carbonyl (C=O) groups excluding carboxylic acids is 1. The molecule has 0 aliphatic carbocycles. The average Bonchev–Trinajstić information content (AvgIpc) is 2.34. The first-order chi connectivity index (χ1) is 8.79. The first kappa shape index (κ1) is 19.2. The highest BCUT2D eigenvalue weighted by atomic mass is 127. The monoisotopic (exact) mass is 410 g/mol. The standard InChI is InChI=1S/C10H17F3N4O2.HI/c1-16(7-10(11,12)13)8(18)6-15-9(14)17-2-4-19-5-3-17;/h2-7H2,1H3,(H2,14,15);1H. The van der Waals surface area contributed by atoms with Crippen LogP contribution in [0.3, 0.4) is 0 Å². The number of alkyl halides is 3. The second-order valence-corrected chi connectivity index (χ2v) is 4.14. The first-order valence-electron chi connectivity index (χ1n) is 5.73. The van der Waals surface area contributed by atoms with E-state index >= 15 is 0 Å². The summed E-state index contributed by atoms with van der Waals surface area (Å²) < 4.78 is 41.4. The summed E-state index contributed by atoms with van der Waals surface area (Å²) in [6.45, 7) is 0.453. The number of ether oxygens (including phenoxy) is 1. The lowest BCUT2D eigenvalue weighted by Gasteiger charge is -2.27. The Labute approximate surface area is 132 Å². The molecule has 1 aliphatic heterocycles. The number of halogens is 4. The Balaban J connectivity index is 0.00000361. The number of nitrogens with two attached hydrogens (primary N) is 1. The molecule has 0 bridgehead atoms. The zero-order valence-electron chi connectivity index (χ0n) is 11.0. The molecule has 0 aromatic rings. The third-order valence-electron chi connectivity index (χ3n) is 2.55. The third kappa shape index (κ3) is 7.12. The van der Waals surface area contributed by atoms with Crippen LogP contribution in [-0.2, 0) is 9.53 Å². The molecule has 0 spiro atoms. The van der Waals surface area contributed by atoms with Crippen LogP contribution in [0.5, 0.6) is 0 Å². The fraction of sp³-hybridized carbons (Fsp3) is 0.800. The molecule has 20 heavy (non-hydrogen) atoms. The average molecular weight is 410 g/mol. The number of hydrogen-bond acceptors (Lipinski definition) is 3. The minimum atomic E-state index is -4.41. The van der Waals surface area contributed by atoms with Crippen LogP contribution in [-0.4, -0.2) is 74.3 Å². The van der Waals surface area contributed by atoms with Crippen molar-refractivity contribution in [3.8, 4) is 0 Å². The number of morpholine rings is 1. The maximum absolute atomic E-state index is 12.1. The Bertz CT molecular complexity index is 346. The largest absolute Gasteiger partial charge is 0.406 e. The molecule has 1 rings (SSSR count). The molecule has 10 heteroatoms. The SMILES string of the molecule is CN(CC(F)(F)F)C(=O)CN=C(N)N1CCOCC1.I. The van der Waals surface area contributed by atoms with Crippen LogP contribution in [0.2, 0.25) is 0 Å². The lowest BCUT2D eigenvalue weighted by atomic mass is 10.4. The fourth-order valence-electron chi connectivity index (χ4n) is 1.52. The van der Waals surface area contributed by atoms with E-state index in [2.05, 4.69) is 4.99 Å². The van der Waals surface area contributed by atoms with E-state index in [0.717, 1.165) is 7.05 Å². The number of likely N-dealkylation sites (N-methyl/N-ethyl adjacent to an activating group) is 1. The Hall–Kier alpha value is -0.780. The van der Waals surface area contributed by atoms with Gasteiger partial charge in [0, 0.05) is 20.1 Å². The molecule has 0 atom stereocenters. The Kier molecular flexibility index (Phi) is 8.16. The quantitative estimate of drug-likeness (QED) is 0.412. The van der Waals surface area contributed by atoms with Crippen LogP contribution in [0, 0.1) is 0 Å². The van der Waals surface area contributed by atoms with Crippen LogP contribution in [0.4, 0.5) is 13.2 Å². The molecule has 0 aromatic heterocycles. The molecule has 0 saturated carbocycles. The molecule has 1 saturated heterocycles. The summed E-state index contributed by atoms with van der Waals surface area (Å²) in [5, 5.41) is 0. The number of nitrogens with zero attached hydrogens (tertiary/aromatic N) is 3. The zero-order chi connectivity index (χ0) is 14.5. The predicted octanol–water partition coefficient (Wildman–Crippen LogP) is 0.272. The van der Waals surface area contributed by atoms with Gasteiger partial charge in [-0.15, -0.1) is 24.0 Å². The van der Waals surface area contributed by atoms with Gasteiger partial charge < -0.3 is 20.3 Å². The van der Waals surface area contributed by atoms with Gasteiger partial charge in [-0.25, -0.2) is 4.99 Å². The van der Waals surface area contributed by atoms with Crippen molar-refractivity contribution < 1.29 is 22.7 Å². The topological polar surface area (TPSA) is 71.2 Å². The van der Waals surface area contributed by atoms with E-state index < -0.39 is 25.2 Å². The molecule has 0 radical (unpaired) electrons. The van der Waals surface area contributed by atoms with Crippen molar-refractivity contribution in [3.05, 3.63) is 0 Å². The normalized spacial score (nSPS) is 16.6. The number of carbonyl (C=O) groups is 1. The maximum atomic E-state index is 12.1. The van der Waals surface area contributed by atoms with Crippen LogP contribution < -0.4 is 5.73 Å².